The number of imidazole rings is 1. The fourth-order valence-corrected chi connectivity index (χ4v) is 5.79. The van der Waals surface area contributed by atoms with Gasteiger partial charge in [-0.15, -0.1) is 0 Å². The average Bonchev–Trinajstić information content (AvgIpc) is 3.23. The summed E-state index contributed by atoms with van der Waals surface area (Å²) in [6.45, 7) is 15.6. The molecule has 2 aliphatic rings. The summed E-state index contributed by atoms with van der Waals surface area (Å²) in [5.41, 5.74) is 6.84. The molecule has 1 aromatic carbocycles. The lowest BCUT2D eigenvalue weighted by atomic mass is 10.0. The number of benzene rings is 1. The van der Waals surface area contributed by atoms with Crippen molar-refractivity contribution in [3.05, 3.63) is 64.6 Å². The second kappa shape index (κ2) is 11.2. The van der Waals surface area contributed by atoms with E-state index in [4.69, 9.17) is 9.97 Å². The minimum Gasteiger partial charge on any atom is -0.308 e. The van der Waals surface area contributed by atoms with Gasteiger partial charge < -0.3 is 9.47 Å². The van der Waals surface area contributed by atoms with Crippen LogP contribution in [0.2, 0.25) is 0 Å². The third-order valence-electron chi connectivity index (χ3n) is 8.02. The number of likely N-dealkylation sites (N-methyl/N-ethyl adjacent to an activating group) is 1. The standard InChI is InChI=1S/C30H42N6/c1-5-28-32-29-23(2)21-24(3)31-30(29)36(28)22-26-10-8-25(9-11-26)7-6-14-34-15-12-27(13-16-34)35-19-17-33(4)18-20-35/h6-11,21,27H,5,12-20,22H2,1-4H3/b7-6+. The van der Waals surface area contributed by atoms with Crippen LogP contribution in [0.1, 0.15) is 48.0 Å². The van der Waals surface area contributed by atoms with E-state index < -0.39 is 0 Å². The second-order valence-electron chi connectivity index (χ2n) is 10.7. The molecule has 4 heterocycles. The van der Waals surface area contributed by atoms with Gasteiger partial charge in [0, 0.05) is 50.9 Å². The van der Waals surface area contributed by atoms with Crippen molar-refractivity contribution >= 4 is 17.2 Å². The fourth-order valence-electron chi connectivity index (χ4n) is 5.79. The van der Waals surface area contributed by atoms with E-state index >= 15 is 0 Å². The van der Waals surface area contributed by atoms with Crippen molar-refractivity contribution in [2.75, 3.05) is 52.9 Å². The van der Waals surface area contributed by atoms with Gasteiger partial charge in [-0.25, -0.2) is 9.97 Å². The Bertz CT molecular complexity index is 1180. The topological polar surface area (TPSA) is 40.4 Å². The lowest BCUT2D eigenvalue weighted by Crippen LogP contribution is -2.52. The SMILES string of the molecule is CCc1nc2c(C)cc(C)nc2n1Cc1ccc(/C=C/CN2CCC(N3CCN(C)CC3)CC2)cc1. The van der Waals surface area contributed by atoms with Crippen LogP contribution < -0.4 is 0 Å². The summed E-state index contributed by atoms with van der Waals surface area (Å²) in [6, 6.07) is 11.9. The molecule has 0 radical (unpaired) electrons. The Kier molecular flexibility index (Phi) is 7.85. The first-order valence-corrected chi connectivity index (χ1v) is 13.7. The van der Waals surface area contributed by atoms with Gasteiger partial charge in [0.05, 0.1) is 6.54 Å². The molecular formula is C30H42N6. The average molecular weight is 487 g/mol. The Morgan fingerprint density at radius 3 is 2.36 bits per heavy atom. The number of hydrogen-bond donors (Lipinski definition) is 0. The first kappa shape index (κ1) is 25.1. The van der Waals surface area contributed by atoms with Crippen molar-refractivity contribution < 1.29 is 0 Å². The van der Waals surface area contributed by atoms with Crippen molar-refractivity contribution in [3.63, 3.8) is 0 Å². The first-order chi connectivity index (χ1) is 17.5. The molecule has 0 atom stereocenters. The number of nitrogens with zero attached hydrogens (tertiary/aromatic N) is 6. The minimum atomic E-state index is 0.787. The molecule has 2 fully saturated rings. The lowest BCUT2D eigenvalue weighted by molar-refractivity contribution is 0.0709. The number of hydrogen-bond acceptors (Lipinski definition) is 5. The molecule has 5 rings (SSSR count). The highest BCUT2D eigenvalue weighted by atomic mass is 15.3. The molecule has 0 aliphatic carbocycles. The molecule has 3 aromatic rings. The van der Waals surface area contributed by atoms with Gasteiger partial charge in [-0.3, -0.25) is 9.80 Å². The third kappa shape index (κ3) is 5.72. The fraction of sp³-hybridized carbons (Fsp3) is 0.533. The van der Waals surface area contributed by atoms with Crippen LogP contribution >= 0.6 is 0 Å². The van der Waals surface area contributed by atoms with Gasteiger partial charge in [-0.1, -0.05) is 43.3 Å². The van der Waals surface area contributed by atoms with Crippen LogP contribution in [0.25, 0.3) is 17.2 Å². The van der Waals surface area contributed by atoms with Gasteiger partial charge in [-0.05, 0) is 69.6 Å². The maximum absolute atomic E-state index is 4.88. The number of aromatic nitrogens is 3. The zero-order valence-corrected chi connectivity index (χ0v) is 22.6. The second-order valence-corrected chi connectivity index (χ2v) is 10.7. The van der Waals surface area contributed by atoms with E-state index in [2.05, 4.69) is 89.6 Å². The number of pyridine rings is 1. The Morgan fingerprint density at radius 2 is 1.67 bits per heavy atom. The summed E-state index contributed by atoms with van der Waals surface area (Å²) >= 11 is 0. The van der Waals surface area contributed by atoms with Crippen LogP contribution in [0.3, 0.4) is 0 Å². The van der Waals surface area contributed by atoms with Gasteiger partial charge in [0.25, 0.3) is 0 Å². The summed E-state index contributed by atoms with van der Waals surface area (Å²) in [5, 5.41) is 0. The largest absolute Gasteiger partial charge is 0.308 e. The Labute approximate surface area is 216 Å². The number of piperazine rings is 1. The van der Waals surface area contributed by atoms with Crippen LogP contribution in [0.4, 0.5) is 0 Å². The minimum absolute atomic E-state index is 0.787. The third-order valence-corrected chi connectivity index (χ3v) is 8.02. The maximum Gasteiger partial charge on any atom is 0.160 e. The molecule has 2 saturated heterocycles. The summed E-state index contributed by atoms with van der Waals surface area (Å²) in [6.07, 6.45) is 8.13. The van der Waals surface area contributed by atoms with Crippen LogP contribution in [0, 0.1) is 13.8 Å². The summed E-state index contributed by atoms with van der Waals surface area (Å²) in [7, 11) is 2.24. The monoisotopic (exact) mass is 486 g/mol. The number of rotatable bonds is 7. The molecule has 0 amide bonds. The van der Waals surface area contributed by atoms with Crippen LogP contribution in [-0.2, 0) is 13.0 Å². The molecule has 36 heavy (non-hydrogen) atoms. The van der Waals surface area contributed by atoms with Crippen molar-refractivity contribution in [2.45, 2.75) is 52.6 Å². The van der Waals surface area contributed by atoms with Crippen LogP contribution in [0.5, 0.6) is 0 Å². The van der Waals surface area contributed by atoms with E-state index in [0.29, 0.717) is 0 Å². The van der Waals surface area contributed by atoms with E-state index in [9.17, 15) is 0 Å². The van der Waals surface area contributed by atoms with Gasteiger partial charge in [-0.2, -0.15) is 0 Å². The highest BCUT2D eigenvalue weighted by Crippen LogP contribution is 2.22. The molecule has 0 N–H and O–H groups in total. The molecule has 0 saturated carbocycles. The molecule has 192 valence electrons. The van der Waals surface area contributed by atoms with E-state index in [1.54, 1.807) is 0 Å². The van der Waals surface area contributed by atoms with Gasteiger partial charge in [0.15, 0.2) is 5.65 Å². The molecule has 6 heteroatoms. The Balaban J connectivity index is 1.15. The quantitative estimate of drug-likeness (QED) is 0.496. The molecule has 6 nitrogen and oxygen atoms in total. The summed E-state index contributed by atoms with van der Waals surface area (Å²) < 4.78 is 2.28. The highest BCUT2D eigenvalue weighted by molar-refractivity contribution is 5.76. The zero-order chi connectivity index (χ0) is 25.1. The predicted octanol–water partition coefficient (Wildman–Crippen LogP) is 4.38. The van der Waals surface area contributed by atoms with E-state index in [1.165, 1.54) is 68.8 Å². The predicted molar refractivity (Wildman–Crippen MR) is 149 cm³/mol. The van der Waals surface area contributed by atoms with Crippen molar-refractivity contribution in [1.82, 2.24) is 29.2 Å². The molecule has 0 bridgehead atoms. The number of aryl methyl sites for hydroxylation is 3. The number of likely N-dealkylation sites (tertiary alicyclic amines) is 1. The van der Waals surface area contributed by atoms with Crippen LogP contribution in [-0.4, -0.2) is 88.1 Å². The normalized spacial score (nSPS) is 19.1. The van der Waals surface area contributed by atoms with Crippen molar-refractivity contribution in [3.8, 4) is 0 Å². The molecule has 0 unspecified atom stereocenters. The molecular weight excluding hydrogens is 444 g/mol. The lowest BCUT2D eigenvalue weighted by Gasteiger charge is -2.41. The Morgan fingerprint density at radius 1 is 0.944 bits per heavy atom. The van der Waals surface area contributed by atoms with Crippen LogP contribution in [0.15, 0.2) is 36.4 Å². The van der Waals surface area contributed by atoms with Gasteiger partial charge in [0.1, 0.15) is 11.3 Å². The van der Waals surface area contributed by atoms with E-state index in [1.807, 2.05) is 0 Å². The smallest absolute Gasteiger partial charge is 0.160 e. The number of fused-ring (bicyclic) bond motifs is 1. The van der Waals surface area contributed by atoms with E-state index in [0.717, 1.165) is 48.2 Å². The molecule has 2 aromatic heterocycles. The van der Waals surface area contributed by atoms with E-state index in [-0.39, 0.29) is 0 Å². The van der Waals surface area contributed by atoms with Gasteiger partial charge in [0.2, 0.25) is 0 Å². The molecule has 2 aliphatic heterocycles. The highest BCUT2D eigenvalue weighted by Gasteiger charge is 2.26. The Hall–Kier alpha value is -2.54. The number of piperidine rings is 1. The van der Waals surface area contributed by atoms with Crippen molar-refractivity contribution in [1.29, 1.82) is 0 Å². The zero-order valence-electron chi connectivity index (χ0n) is 22.6. The van der Waals surface area contributed by atoms with Crippen molar-refractivity contribution in [2.24, 2.45) is 0 Å². The maximum atomic E-state index is 4.88. The summed E-state index contributed by atoms with van der Waals surface area (Å²) in [4.78, 5) is 17.5. The summed E-state index contributed by atoms with van der Waals surface area (Å²) in [5.74, 6) is 1.10. The van der Waals surface area contributed by atoms with Gasteiger partial charge >= 0.3 is 0 Å². The molecule has 0 spiro atoms. The first-order valence-electron chi connectivity index (χ1n) is 13.7.